The highest BCUT2D eigenvalue weighted by molar-refractivity contribution is 7.99. The Bertz CT molecular complexity index is 686. The lowest BCUT2D eigenvalue weighted by Crippen LogP contribution is -1.97. The highest BCUT2D eigenvalue weighted by Gasteiger charge is 2.14. The maximum absolute atomic E-state index is 11.2. The molecule has 21 heavy (non-hydrogen) atoms. The predicted molar refractivity (Wildman–Crippen MR) is 77.1 cm³/mol. The molecule has 2 rings (SSSR count). The van der Waals surface area contributed by atoms with Gasteiger partial charge in [-0.15, -0.1) is 10.2 Å². The molecule has 0 fully saturated rings. The lowest BCUT2D eigenvalue weighted by atomic mass is 10.1. The number of hydrogen-bond acceptors (Lipinski definition) is 6. The van der Waals surface area contributed by atoms with Gasteiger partial charge < -0.3 is 20.0 Å². The van der Waals surface area contributed by atoms with E-state index in [2.05, 4.69) is 21.9 Å². The lowest BCUT2D eigenvalue weighted by molar-refractivity contribution is -0.349. The van der Waals surface area contributed by atoms with E-state index < -0.39 is 5.97 Å². The van der Waals surface area contributed by atoms with Crippen LogP contribution in [0, 0.1) is 5.21 Å². The number of thioether (sulfide) groups is 1. The summed E-state index contributed by atoms with van der Waals surface area (Å²) in [5, 5.41) is 28.0. The minimum absolute atomic E-state index is 0.114. The summed E-state index contributed by atoms with van der Waals surface area (Å²) in [7, 11) is 1.47. The first kappa shape index (κ1) is 14.9. The van der Waals surface area contributed by atoms with Gasteiger partial charge in [0.25, 0.3) is 0 Å². The third-order valence-electron chi connectivity index (χ3n) is 2.53. The Balaban J connectivity index is 2.29. The molecule has 0 aliphatic rings. The Morgan fingerprint density at radius 1 is 1.57 bits per heavy atom. The van der Waals surface area contributed by atoms with E-state index in [1.54, 1.807) is 12.1 Å². The van der Waals surface area contributed by atoms with E-state index >= 15 is 0 Å². The first-order chi connectivity index (χ1) is 10.0. The maximum atomic E-state index is 11.2. The number of hydrogen-bond donors (Lipinski definition) is 2. The van der Waals surface area contributed by atoms with Gasteiger partial charge in [0.1, 0.15) is 12.5 Å². The molecule has 0 amide bonds. The first-order valence-electron chi connectivity index (χ1n) is 5.74. The molecule has 9 heteroatoms. The fraction of sp³-hybridized carbons (Fsp3) is 0.167. The second-order valence-electron chi connectivity index (χ2n) is 3.92. The maximum Gasteiger partial charge on any atom is 0.313 e. The van der Waals surface area contributed by atoms with Crippen molar-refractivity contribution < 1.29 is 19.4 Å². The normalized spacial score (nSPS) is 10.3. The van der Waals surface area contributed by atoms with Crippen molar-refractivity contribution in [3.05, 3.63) is 23.4 Å². The molecular formula is C12H12N4O4S. The molecule has 0 aliphatic heterocycles. The van der Waals surface area contributed by atoms with Crippen molar-refractivity contribution in [3.63, 3.8) is 0 Å². The van der Waals surface area contributed by atoms with Crippen molar-refractivity contribution in [2.24, 2.45) is 0 Å². The molecular weight excluding hydrogens is 296 g/mol. The van der Waals surface area contributed by atoms with Crippen LogP contribution >= 0.6 is 11.8 Å². The molecule has 0 unspecified atom stereocenters. The zero-order chi connectivity index (χ0) is 15.4. The number of aromatic nitrogens is 3. The third-order valence-corrected chi connectivity index (χ3v) is 3.38. The number of carbonyl (C=O) groups is 1. The summed E-state index contributed by atoms with van der Waals surface area (Å²) in [4.78, 5) is 13.4. The van der Waals surface area contributed by atoms with Gasteiger partial charge in [-0.3, -0.25) is 4.79 Å². The van der Waals surface area contributed by atoms with Crippen LogP contribution in [0.15, 0.2) is 23.4 Å². The number of H-pyrrole nitrogens is 1. The van der Waals surface area contributed by atoms with E-state index in [9.17, 15) is 10.0 Å². The van der Waals surface area contributed by atoms with Gasteiger partial charge in [0.15, 0.2) is 11.0 Å². The van der Waals surface area contributed by atoms with Crippen molar-refractivity contribution in [2.75, 3.05) is 12.9 Å². The molecule has 8 nitrogen and oxygen atoms in total. The summed E-state index contributed by atoms with van der Waals surface area (Å²) in [6.07, 6.45) is 0. The minimum Gasteiger partial charge on any atom is -0.619 e. The standard InChI is InChI=1S/C12H12N4O4S/c1-16(19)7-3-4-8(9(5-7)20-2)11-13-12(15-14-11)21-6-10(17)18/h3-5H,1,6H2,2H3,(H,17,18)(H,13,14,15). The van der Waals surface area contributed by atoms with E-state index in [1.165, 1.54) is 13.2 Å². The minimum atomic E-state index is -0.939. The van der Waals surface area contributed by atoms with Gasteiger partial charge in [0.05, 0.1) is 24.5 Å². The Kier molecular flexibility index (Phi) is 4.43. The van der Waals surface area contributed by atoms with Crippen LogP contribution in [-0.4, -0.2) is 50.6 Å². The summed E-state index contributed by atoms with van der Waals surface area (Å²) in [6, 6.07) is 4.75. The zero-order valence-corrected chi connectivity index (χ0v) is 11.9. The van der Waals surface area contributed by atoms with Gasteiger partial charge in [0, 0.05) is 6.07 Å². The van der Waals surface area contributed by atoms with Crippen molar-refractivity contribution in [2.45, 2.75) is 5.16 Å². The van der Waals surface area contributed by atoms with Crippen LogP contribution in [0.1, 0.15) is 0 Å². The molecule has 110 valence electrons. The van der Waals surface area contributed by atoms with Crippen LogP contribution in [0.5, 0.6) is 5.75 Å². The Labute approximate surface area is 124 Å². The molecule has 1 aromatic carbocycles. The first-order valence-corrected chi connectivity index (χ1v) is 6.73. The second-order valence-corrected chi connectivity index (χ2v) is 4.89. The molecule has 2 N–H and O–H groups in total. The molecule has 2 aromatic rings. The van der Waals surface area contributed by atoms with Gasteiger partial charge in [-0.1, -0.05) is 11.8 Å². The molecule has 0 spiro atoms. The Morgan fingerprint density at radius 2 is 2.33 bits per heavy atom. The van der Waals surface area contributed by atoms with Gasteiger partial charge in [-0.25, -0.2) is 0 Å². The third kappa shape index (κ3) is 3.51. The fourth-order valence-corrected chi connectivity index (χ4v) is 2.12. The predicted octanol–water partition coefficient (Wildman–Crippen LogP) is 1.50. The second kappa shape index (κ2) is 6.27. The highest BCUT2D eigenvalue weighted by Crippen LogP contribution is 2.31. The Morgan fingerprint density at radius 3 is 2.95 bits per heavy atom. The number of nitrogens with one attached hydrogen (secondary N) is 1. The van der Waals surface area contributed by atoms with Crippen molar-refractivity contribution in [3.8, 4) is 17.1 Å². The number of benzene rings is 1. The molecule has 0 radical (unpaired) electrons. The number of ether oxygens (including phenoxy) is 1. The fourth-order valence-electron chi connectivity index (χ4n) is 1.59. The van der Waals surface area contributed by atoms with E-state index in [0.717, 1.165) is 11.8 Å². The number of rotatable bonds is 6. The van der Waals surface area contributed by atoms with E-state index in [-0.39, 0.29) is 5.75 Å². The SMILES string of the molecule is C=[N+]([O-])c1ccc(-c2nnc(SCC(=O)O)[nH]2)c(OC)c1. The van der Waals surface area contributed by atoms with Crippen LogP contribution < -0.4 is 4.74 Å². The van der Waals surface area contributed by atoms with Crippen molar-refractivity contribution in [1.82, 2.24) is 15.2 Å². The monoisotopic (exact) mass is 308 g/mol. The Hall–Kier alpha value is -2.55. The number of aliphatic carboxylic acids is 1. The topological polar surface area (TPSA) is 114 Å². The smallest absolute Gasteiger partial charge is 0.313 e. The van der Waals surface area contributed by atoms with Gasteiger partial charge in [-0.05, 0) is 6.07 Å². The summed E-state index contributed by atoms with van der Waals surface area (Å²) in [5.74, 6) is -0.196. The number of carboxylic acid groups (broad SMARTS) is 1. The van der Waals surface area contributed by atoms with Gasteiger partial charge in [0.2, 0.25) is 5.69 Å². The zero-order valence-electron chi connectivity index (χ0n) is 11.1. The lowest BCUT2D eigenvalue weighted by Gasteiger charge is -2.07. The average Bonchev–Trinajstić information content (AvgIpc) is 2.93. The molecule has 0 atom stereocenters. The van der Waals surface area contributed by atoms with Crippen LogP contribution in [0.2, 0.25) is 0 Å². The number of carboxylic acids is 1. The van der Waals surface area contributed by atoms with E-state index in [1.807, 2.05) is 0 Å². The number of methoxy groups -OCH3 is 1. The highest BCUT2D eigenvalue weighted by atomic mass is 32.2. The molecule has 1 aromatic heterocycles. The average molecular weight is 308 g/mol. The molecule has 0 saturated carbocycles. The molecule has 0 bridgehead atoms. The summed E-state index contributed by atoms with van der Waals surface area (Å²) < 4.78 is 5.69. The molecule has 0 saturated heterocycles. The van der Waals surface area contributed by atoms with Gasteiger partial charge >= 0.3 is 5.97 Å². The van der Waals surface area contributed by atoms with Gasteiger partial charge in [-0.2, -0.15) is 4.74 Å². The van der Waals surface area contributed by atoms with Crippen LogP contribution in [0.25, 0.3) is 11.4 Å². The summed E-state index contributed by atoms with van der Waals surface area (Å²) in [6.45, 7) is 3.26. The molecule has 1 heterocycles. The summed E-state index contributed by atoms with van der Waals surface area (Å²) in [5.41, 5.74) is 0.952. The molecule has 0 aliphatic carbocycles. The largest absolute Gasteiger partial charge is 0.619 e. The van der Waals surface area contributed by atoms with Crippen molar-refractivity contribution in [1.29, 1.82) is 0 Å². The summed E-state index contributed by atoms with van der Waals surface area (Å²) >= 11 is 1.03. The van der Waals surface area contributed by atoms with Crippen LogP contribution in [-0.2, 0) is 4.79 Å². The van der Waals surface area contributed by atoms with Crippen molar-refractivity contribution >= 4 is 30.1 Å². The van der Waals surface area contributed by atoms with Crippen LogP contribution in [0.3, 0.4) is 0 Å². The number of aromatic amines is 1. The van der Waals surface area contributed by atoms with E-state index in [4.69, 9.17) is 9.84 Å². The quantitative estimate of drug-likeness (QED) is 0.273. The van der Waals surface area contributed by atoms with E-state index in [0.29, 0.717) is 32.7 Å². The van der Waals surface area contributed by atoms with Crippen LogP contribution in [0.4, 0.5) is 5.69 Å². The number of nitrogens with zero attached hydrogens (tertiary/aromatic N) is 3.